The van der Waals surface area contributed by atoms with E-state index >= 15 is 0 Å². The average Bonchev–Trinajstić information content (AvgIpc) is 2.93. The molecule has 1 saturated carbocycles. The third kappa shape index (κ3) is 3.45. The molecule has 0 aromatic heterocycles. The number of benzene rings is 1. The van der Waals surface area contributed by atoms with Crippen LogP contribution < -0.4 is 0 Å². The Morgan fingerprint density at radius 1 is 1.22 bits per heavy atom. The standard InChI is InChI=1S/C20H30N2O/c1-3-21(15-18-10-6-4-7-11-18)19-14-20(12-8-5-9-13-20)22(16-19)17(2)23/h4,6-7,10-11,19H,3,5,8-9,12-16H2,1-2H3. The van der Waals surface area contributed by atoms with E-state index in [1.165, 1.54) is 37.7 Å². The summed E-state index contributed by atoms with van der Waals surface area (Å²) in [6, 6.07) is 11.2. The molecule has 1 spiro atoms. The Labute approximate surface area is 140 Å². The van der Waals surface area contributed by atoms with E-state index in [0.717, 1.165) is 26.1 Å². The van der Waals surface area contributed by atoms with Crippen molar-refractivity contribution in [3.05, 3.63) is 35.9 Å². The molecule has 1 unspecified atom stereocenters. The molecule has 0 N–H and O–H groups in total. The van der Waals surface area contributed by atoms with Crippen LogP contribution in [0.25, 0.3) is 0 Å². The molecule has 3 rings (SSSR count). The lowest BCUT2D eigenvalue weighted by Crippen LogP contribution is -2.47. The Hall–Kier alpha value is -1.35. The highest BCUT2D eigenvalue weighted by Crippen LogP contribution is 2.43. The van der Waals surface area contributed by atoms with E-state index in [0.29, 0.717) is 6.04 Å². The highest BCUT2D eigenvalue weighted by molar-refractivity contribution is 5.74. The van der Waals surface area contributed by atoms with Gasteiger partial charge in [-0.15, -0.1) is 0 Å². The Kier molecular flexibility index (Phi) is 5.05. The number of hydrogen-bond acceptors (Lipinski definition) is 2. The third-order valence-corrected chi connectivity index (χ3v) is 5.90. The summed E-state index contributed by atoms with van der Waals surface area (Å²) in [5.74, 6) is 0.269. The average molecular weight is 314 g/mol. The van der Waals surface area contributed by atoms with Crippen molar-refractivity contribution in [2.75, 3.05) is 13.1 Å². The second-order valence-electron chi connectivity index (χ2n) is 7.32. The normalized spacial score (nSPS) is 23.6. The van der Waals surface area contributed by atoms with E-state index in [-0.39, 0.29) is 11.4 Å². The first kappa shape index (κ1) is 16.5. The van der Waals surface area contributed by atoms with Gasteiger partial charge in [-0.1, -0.05) is 56.5 Å². The molecule has 3 heteroatoms. The number of amides is 1. The van der Waals surface area contributed by atoms with Gasteiger partial charge in [0.15, 0.2) is 0 Å². The molecule has 1 aromatic carbocycles. The maximum Gasteiger partial charge on any atom is 0.219 e. The molecule has 1 aliphatic heterocycles. The highest BCUT2D eigenvalue weighted by atomic mass is 16.2. The molecule has 1 atom stereocenters. The molecule has 2 fully saturated rings. The summed E-state index contributed by atoms with van der Waals surface area (Å²) in [5.41, 5.74) is 1.52. The predicted molar refractivity (Wildman–Crippen MR) is 94.1 cm³/mol. The number of carbonyl (C=O) groups excluding carboxylic acids is 1. The summed E-state index contributed by atoms with van der Waals surface area (Å²) in [5, 5.41) is 0. The fourth-order valence-corrected chi connectivity index (χ4v) is 4.73. The van der Waals surface area contributed by atoms with Crippen molar-refractivity contribution < 1.29 is 4.79 Å². The van der Waals surface area contributed by atoms with Crippen molar-refractivity contribution in [1.82, 2.24) is 9.80 Å². The van der Waals surface area contributed by atoms with Crippen LogP contribution in [0.1, 0.15) is 57.9 Å². The SMILES string of the molecule is CCN(Cc1ccccc1)C1CN(C(C)=O)C2(CCCCC2)C1. The fraction of sp³-hybridized carbons (Fsp3) is 0.650. The van der Waals surface area contributed by atoms with Gasteiger partial charge in [-0.05, 0) is 31.4 Å². The molecule has 1 amide bonds. The molecule has 3 nitrogen and oxygen atoms in total. The zero-order chi connectivity index (χ0) is 16.3. The number of nitrogens with zero attached hydrogens (tertiary/aromatic N) is 2. The summed E-state index contributed by atoms with van der Waals surface area (Å²) >= 11 is 0. The molecule has 126 valence electrons. The number of likely N-dealkylation sites (N-methyl/N-ethyl adjacent to an activating group) is 1. The molecule has 0 bridgehead atoms. The molecule has 0 radical (unpaired) electrons. The van der Waals surface area contributed by atoms with Crippen LogP contribution in [0.4, 0.5) is 0 Å². The Bertz CT molecular complexity index is 522. The second-order valence-corrected chi connectivity index (χ2v) is 7.32. The molecular formula is C20H30N2O. The third-order valence-electron chi connectivity index (χ3n) is 5.90. The Morgan fingerprint density at radius 2 is 1.91 bits per heavy atom. The second kappa shape index (κ2) is 7.04. The molecule has 1 heterocycles. The van der Waals surface area contributed by atoms with Crippen LogP contribution in [0, 0.1) is 0 Å². The Morgan fingerprint density at radius 3 is 2.52 bits per heavy atom. The van der Waals surface area contributed by atoms with Crippen LogP contribution in [0.3, 0.4) is 0 Å². The van der Waals surface area contributed by atoms with Gasteiger partial charge in [-0.3, -0.25) is 9.69 Å². The minimum absolute atomic E-state index is 0.152. The van der Waals surface area contributed by atoms with E-state index < -0.39 is 0 Å². The lowest BCUT2D eigenvalue weighted by molar-refractivity contribution is -0.134. The van der Waals surface area contributed by atoms with Gasteiger partial charge < -0.3 is 4.90 Å². The van der Waals surface area contributed by atoms with Crippen LogP contribution >= 0.6 is 0 Å². The van der Waals surface area contributed by atoms with Gasteiger partial charge >= 0.3 is 0 Å². The molecule has 1 aliphatic carbocycles. The minimum Gasteiger partial charge on any atom is -0.336 e. The number of hydrogen-bond donors (Lipinski definition) is 0. The topological polar surface area (TPSA) is 23.6 Å². The largest absolute Gasteiger partial charge is 0.336 e. The van der Waals surface area contributed by atoms with E-state index in [2.05, 4.69) is 47.1 Å². The summed E-state index contributed by atoms with van der Waals surface area (Å²) in [7, 11) is 0. The first-order chi connectivity index (χ1) is 11.1. The van der Waals surface area contributed by atoms with Crippen LogP contribution in [-0.2, 0) is 11.3 Å². The Balaban J connectivity index is 1.75. The zero-order valence-corrected chi connectivity index (χ0v) is 14.6. The van der Waals surface area contributed by atoms with Crippen LogP contribution in [0.5, 0.6) is 0 Å². The maximum absolute atomic E-state index is 12.2. The van der Waals surface area contributed by atoms with Crippen molar-refractivity contribution in [2.45, 2.75) is 70.5 Å². The lowest BCUT2D eigenvalue weighted by Gasteiger charge is -2.41. The zero-order valence-electron chi connectivity index (χ0n) is 14.6. The number of likely N-dealkylation sites (tertiary alicyclic amines) is 1. The quantitative estimate of drug-likeness (QED) is 0.843. The van der Waals surface area contributed by atoms with Crippen molar-refractivity contribution in [2.24, 2.45) is 0 Å². The van der Waals surface area contributed by atoms with Gasteiger partial charge in [-0.25, -0.2) is 0 Å². The van der Waals surface area contributed by atoms with Gasteiger partial charge in [0.05, 0.1) is 0 Å². The van der Waals surface area contributed by atoms with Crippen LogP contribution in [0.2, 0.25) is 0 Å². The summed E-state index contributed by atoms with van der Waals surface area (Å²) in [4.78, 5) is 17.0. The van der Waals surface area contributed by atoms with Gasteiger partial charge in [0.2, 0.25) is 5.91 Å². The van der Waals surface area contributed by atoms with Crippen LogP contribution in [-0.4, -0.2) is 40.4 Å². The van der Waals surface area contributed by atoms with Crippen molar-refractivity contribution in [3.63, 3.8) is 0 Å². The first-order valence-electron chi connectivity index (χ1n) is 9.21. The predicted octanol–water partition coefficient (Wildman–Crippen LogP) is 3.83. The summed E-state index contributed by atoms with van der Waals surface area (Å²) in [6.07, 6.45) is 7.45. The minimum atomic E-state index is 0.152. The smallest absolute Gasteiger partial charge is 0.219 e. The van der Waals surface area contributed by atoms with Gasteiger partial charge in [-0.2, -0.15) is 0 Å². The van der Waals surface area contributed by atoms with Crippen molar-refractivity contribution >= 4 is 5.91 Å². The fourth-order valence-electron chi connectivity index (χ4n) is 4.73. The van der Waals surface area contributed by atoms with Crippen molar-refractivity contribution in [3.8, 4) is 0 Å². The van der Waals surface area contributed by atoms with Gasteiger partial charge in [0.1, 0.15) is 0 Å². The van der Waals surface area contributed by atoms with Gasteiger partial charge in [0, 0.05) is 31.6 Å². The number of rotatable bonds is 4. The molecule has 23 heavy (non-hydrogen) atoms. The van der Waals surface area contributed by atoms with E-state index in [1.54, 1.807) is 6.92 Å². The maximum atomic E-state index is 12.2. The van der Waals surface area contributed by atoms with Crippen molar-refractivity contribution in [1.29, 1.82) is 0 Å². The molecular weight excluding hydrogens is 284 g/mol. The number of carbonyl (C=O) groups is 1. The summed E-state index contributed by atoms with van der Waals surface area (Å²) in [6.45, 7) is 6.94. The van der Waals surface area contributed by atoms with Crippen LogP contribution in [0.15, 0.2) is 30.3 Å². The monoisotopic (exact) mass is 314 g/mol. The van der Waals surface area contributed by atoms with Gasteiger partial charge in [0.25, 0.3) is 0 Å². The molecule has 1 saturated heterocycles. The lowest BCUT2D eigenvalue weighted by atomic mass is 9.79. The molecule has 1 aromatic rings. The molecule has 2 aliphatic rings. The highest BCUT2D eigenvalue weighted by Gasteiger charge is 2.48. The first-order valence-corrected chi connectivity index (χ1v) is 9.21. The summed E-state index contributed by atoms with van der Waals surface area (Å²) < 4.78 is 0. The van der Waals surface area contributed by atoms with E-state index in [4.69, 9.17) is 0 Å². The van der Waals surface area contributed by atoms with E-state index in [1.807, 2.05) is 0 Å². The van der Waals surface area contributed by atoms with E-state index in [9.17, 15) is 4.79 Å².